The fraction of sp³-hybridized carbons (Fsp3) is 0.475. The Hall–Kier alpha value is -7.80. The third kappa shape index (κ3) is 13.4. The van der Waals surface area contributed by atoms with Gasteiger partial charge in [-0.3, -0.25) is 28.8 Å². The van der Waals surface area contributed by atoms with Crippen LogP contribution in [0.2, 0.25) is 0 Å². The van der Waals surface area contributed by atoms with Gasteiger partial charge in [0.1, 0.15) is 24.2 Å². The summed E-state index contributed by atoms with van der Waals surface area (Å²) in [6.07, 6.45) is 5.26. The predicted octanol–water partition coefficient (Wildman–Crippen LogP) is 4.65. The predicted molar refractivity (Wildman–Crippen MR) is 301 cm³/mol. The Morgan fingerprint density at radius 1 is 0.487 bits per heavy atom. The standard InChI is InChI=1S/C61H77N11O8/c1-4-52(73)65-48-37-69(35-33-46-29-31-50(71(46)58(48)77)56(75)67-53(40-17-9-5-10-18-40)41-19-11-6-12-20-41)60(79)63-44-25-27-45(28-26-44)64-61(80)70-36-34-47-30-32-51(72(47)59(78)49(38-70)66-55(74)39(2)62-3)57(76)68-54(42-21-13-7-14-22-42)43-23-15-8-16-24-43/h5-24,39,44-51,53-54,62H,4,25-38H2,1-3H3,(H,63,79)(H,64,80)(H,65,73)(H,66,74)(H,67,75)(H,68,76). The molecule has 1 aliphatic carbocycles. The Kier molecular flexibility index (Phi) is 18.8. The Bertz CT molecular complexity index is 2730. The van der Waals surface area contributed by atoms with Crippen molar-refractivity contribution in [1.29, 1.82) is 0 Å². The summed E-state index contributed by atoms with van der Waals surface area (Å²) in [6, 6.07) is 31.7. The molecule has 10 amide bonds. The van der Waals surface area contributed by atoms with E-state index < -0.39 is 60.0 Å². The Labute approximate surface area is 468 Å². The maximum atomic E-state index is 14.8. The van der Waals surface area contributed by atoms with Crippen LogP contribution in [-0.4, -0.2) is 155 Å². The SMILES string of the molecule is CCC(=O)NC1CN(C(=O)NC2CCC(NC(=O)N3CCC4CCC(C(=O)NC(c5ccccc5)c5ccccc5)N4C(=O)C(NC(=O)C(C)NC)C3)CC2)CCC2CCC(C(=O)NC(c3ccccc3)c3ccccc3)N2C1=O. The highest BCUT2D eigenvalue weighted by Crippen LogP contribution is 2.34. The van der Waals surface area contributed by atoms with Crippen LogP contribution in [-0.2, 0) is 28.8 Å². The van der Waals surface area contributed by atoms with Crippen LogP contribution < -0.4 is 37.2 Å². The summed E-state index contributed by atoms with van der Waals surface area (Å²) in [4.78, 5) is 119. The molecule has 0 radical (unpaired) electrons. The van der Waals surface area contributed by atoms with Gasteiger partial charge < -0.3 is 56.8 Å². The van der Waals surface area contributed by atoms with Gasteiger partial charge in [-0.05, 0) is 100 Å². The second kappa shape index (κ2) is 26.4. The molecule has 9 rings (SSSR count). The van der Waals surface area contributed by atoms with Crippen LogP contribution in [0.4, 0.5) is 9.59 Å². The van der Waals surface area contributed by atoms with Crippen molar-refractivity contribution in [2.75, 3.05) is 33.2 Å². The van der Waals surface area contributed by atoms with E-state index in [9.17, 15) is 38.4 Å². The van der Waals surface area contributed by atoms with Gasteiger partial charge in [-0.15, -0.1) is 0 Å². The molecule has 7 N–H and O–H groups in total. The fourth-order valence-corrected chi connectivity index (χ4v) is 12.3. The summed E-state index contributed by atoms with van der Waals surface area (Å²) >= 11 is 0. The van der Waals surface area contributed by atoms with Gasteiger partial charge in [0.05, 0.1) is 31.2 Å². The van der Waals surface area contributed by atoms with E-state index in [2.05, 4.69) is 37.2 Å². The summed E-state index contributed by atoms with van der Waals surface area (Å²) in [5.74, 6) is -2.13. The average molecular weight is 1090 g/mol. The lowest BCUT2D eigenvalue weighted by molar-refractivity contribution is -0.145. The van der Waals surface area contributed by atoms with Crippen molar-refractivity contribution < 1.29 is 38.4 Å². The molecule has 7 unspecified atom stereocenters. The maximum absolute atomic E-state index is 14.8. The molecule has 5 fully saturated rings. The van der Waals surface area contributed by atoms with E-state index in [0.717, 1.165) is 22.3 Å². The van der Waals surface area contributed by atoms with E-state index in [-0.39, 0.29) is 80.0 Å². The van der Waals surface area contributed by atoms with E-state index in [4.69, 9.17) is 0 Å². The molecule has 424 valence electrons. The van der Waals surface area contributed by atoms with Crippen molar-refractivity contribution in [3.63, 3.8) is 0 Å². The summed E-state index contributed by atoms with van der Waals surface area (Å²) in [7, 11) is 1.65. The first-order chi connectivity index (χ1) is 38.8. The number of carbonyl (C=O) groups excluding carboxylic acids is 8. The lowest BCUT2D eigenvalue weighted by Gasteiger charge is -2.40. The minimum atomic E-state index is -1.12. The molecule has 4 aromatic rings. The monoisotopic (exact) mass is 1090 g/mol. The van der Waals surface area contributed by atoms with Crippen molar-refractivity contribution in [3.8, 4) is 0 Å². The highest BCUT2D eigenvalue weighted by atomic mass is 16.2. The smallest absolute Gasteiger partial charge is 0.317 e. The normalized spacial score (nSPS) is 24.5. The lowest BCUT2D eigenvalue weighted by atomic mass is 9.91. The summed E-state index contributed by atoms with van der Waals surface area (Å²) in [6.45, 7) is 3.81. The molecule has 80 heavy (non-hydrogen) atoms. The zero-order valence-electron chi connectivity index (χ0n) is 46.1. The Morgan fingerprint density at radius 2 is 0.850 bits per heavy atom. The summed E-state index contributed by atoms with van der Waals surface area (Å²) < 4.78 is 0. The molecule has 7 atom stereocenters. The number of hydrogen-bond acceptors (Lipinski definition) is 9. The number of nitrogens with one attached hydrogen (secondary N) is 7. The van der Waals surface area contributed by atoms with Crippen molar-refractivity contribution in [3.05, 3.63) is 144 Å². The molecule has 1 saturated carbocycles. The second-order valence-electron chi connectivity index (χ2n) is 22.0. The molecule has 5 aliphatic rings. The highest BCUT2D eigenvalue weighted by molar-refractivity contribution is 5.95. The molecule has 4 aromatic carbocycles. The van der Waals surface area contributed by atoms with Crippen LogP contribution in [0.5, 0.6) is 0 Å². The van der Waals surface area contributed by atoms with Gasteiger partial charge in [-0.25, -0.2) is 9.59 Å². The van der Waals surface area contributed by atoms with E-state index in [1.165, 1.54) is 0 Å². The van der Waals surface area contributed by atoms with E-state index in [1.807, 2.05) is 121 Å². The van der Waals surface area contributed by atoms with Crippen molar-refractivity contribution in [1.82, 2.24) is 56.8 Å². The first-order valence-electron chi connectivity index (χ1n) is 28.6. The Balaban J connectivity index is 0.808. The number of hydrogen-bond donors (Lipinski definition) is 7. The van der Waals surface area contributed by atoms with Gasteiger partial charge in [-0.2, -0.15) is 0 Å². The second-order valence-corrected chi connectivity index (χ2v) is 22.0. The molecule has 0 bridgehead atoms. The summed E-state index contributed by atoms with van der Waals surface area (Å²) in [5.41, 5.74) is 3.62. The molecule has 4 heterocycles. The number of fused-ring (bicyclic) bond motifs is 2. The van der Waals surface area contributed by atoms with Gasteiger partial charge in [0.25, 0.3) is 0 Å². The molecular formula is C61H77N11O8. The highest BCUT2D eigenvalue weighted by Gasteiger charge is 2.48. The van der Waals surface area contributed by atoms with Gasteiger partial charge in [0.15, 0.2) is 0 Å². The number of likely N-dealkylation sites (N-methyl/N-ethyl adjacent to an activating group) is 1. The number of urea groups is 2. The minimum absolute atomic E-state index is 0.0703. The number of rotatable bonds is 15. The van der Waals surface area contributed by atoms with Gasteiger partial charge in [0, 0.05) is 43.7 Å². The van der Waals surface area contributed by atoms with Crippen LogP contribution >= 0.6 is 0 Å². The third-order valence-electron chi connectivity index (χ3n) is 16.8. The quantitative estimate of drug-likeness (QED) is 0.0878. The molecule has 19 heteroatoms. The number of nitrogens with zero attached hydrogens (tertiary/aromatic N) is 4. The van der Waals surface area contributed by atoms with Crippen molar-refractivity contribution >= 4 is 47.5 Å². The van der Waals surface area contributed by atoms with E-state index in [0.29, 0.717) is 70.8 Å². The maximum Gasteiger partial charge on any atom is 0.317 e. The minimum Gasteiger partial charge on any atom is -0.343 e. The average Bonchev–Trinajstić information content (AvgIpc) is 4.16. The number of benzene rings is 4. The van der Waals surface area contributed by atoms with Gasteiger partial charge in [0.2, 0.25) is 35.4 Å². The molecule has 19 nitrogen and oxygen atoms in total. The van der Waals surface area contributed by atoms with Crippen LogP contribution in [0.15, 0.2) is 121 Å². The van der Waals surface area contributed by atoms with E-state index in [1.54, 1.807) is 40.5 Å². The first kappa shape index (κ1) is 56.9. The first-order valence-corrected chi connectivity index (χ1v) is 28.6. The molecule has 4 aliphatic heterocycles. The molecule has 4 saturated heterocycles. The fourth-order valence-electron chi connectivity index (χ4n) is 12.3. The molecule has 0 aromatic heterocycles. The van der Waals surface area contributed by atoms with Crippen LogP contribution in [0.3, 0.4) is 0 Å². The Morgan fingerprint density at radius 3 is 1.20 bits per heavy atom. The number of amides is 10. The molecule has 0 spiro atoms. The zero-order chi connectivity index (χ0) is 56.3. The van der Waals surface area contributed by atoms with E-state index >= 15 is 0 Å². The lowest BCUT2D eigenvalue weighted by Crippen LogP contribution is -2.63. The van der Waals surface area contributed by atoms with Crippen LogP contribution in [0.25, 0.3) is 0 Å². The topological polar surface area (TPSA) is 234 Å². The van der Waals surface area contributed by atoms with Crippen LogP contribution in [0, 0.1) is 0 Å². The van der Waals surface area contributed by atoms with Crippen molar-refractivity contribution in [2.24, 2.45) is 0 Å². The molecular weight excluding hydrogens is 1010 g/mol. The summed E-state index contributed by atoms with van der Waals surface area (Å²) in [5, 5.41) is 21.5. The zero-order valence-corrected chi connectivity index (χ0v) is 46.1. The van der Waals surface area contributed by atoms with Crippen LogP contribution in [0.1, 0.15) is 119 Å². The number of carbonyl (C=O) groups is 8. The van der Waals surface area contributed by atoms with Gasteiger partial charge >= 0.3 is 12.1 Å². The third-order valence-corrected chi connectivity index (χ3v) is 16.8. The largest absolute Gasteiger partial charge is 0.343 e. The van der Waals surface area contributed by atoms with Gasteiger partial charge in [-0.1, -0.05) is 128 Å². The van der Waals surface area contributed by atoms with Crippen molar-refractivity contribution in [2.45, 2.75) is 151 Å².